The van der Waals surface area contributed by atoms with Crippen LogP contribution in [0.15, 0.2) is 12.3 Å². The number of alkyl halides is 3. The molecule has 0 saturated heterocycles. The fourth-order valence-electron chi connectivity index (χ4n) is 1.29. The number of nitrogens with zero attached hydrogens (tertiary/aromatic N) is 3. The van der Waals surface area contributed by atoms with E-state index in [2.05, 4.69) is 5.10 Å². The Labute approximate surface area is 96.8 Å². The molecule has 1 rings (SSSR count). The zero-order chi connectivity index (χ0) is 12.1. The van der Waals surface area contributed by atoms with Gasteiger partial charge in [0.2, 0.25) is 0 Å². The Bertz CT molecular complexity index is 356. The van der Waals surface area contributed by atoms with Gasteiger partial charge in [-0.3, -0.25) is 9.48 Å². The van der Waals surface area contributed by atoms with Crippen LogP contribution in [0.5, 0.6) is 0 Å². The van der Waals surface area contributed by atoms with Gasteiger partial charge in [0, 0.05) is 25.7 Å². The van der Waals surface area contributed by atoms with Crippen molar-refractivity contribution in [2.45, 2.75) is 6.43 Å². The van der Waals surface area contributed by atoms with Crippen LogP contribution >= 0.6 is 11.6 Å². The summed E-state index contributed by atoms with van der Waals surface area (Å²) in [5, 5.41) is 3.81. The molecule has 0 bridgehead atoms. The van der Waals surface area contributed by atoms with Gasteiger partial charge in [0.1, 0.15) is 5.69 Å². The van der Waals surface area contributed by atoms with Gasteiger partial charge in [0.05, 0.1) is 6.54 Å². The molecule has 7 heteroatoms. The highest BCUT2D eigenvalue weighted by molar-refractivity contribution is 6.18. The summed E-state index contributed by atoms with van der Waals surface area (Å²) in [7, 11) is 1.58. The van der Waals surface area contributed by atoms with E-state index >= 15 is 0 Å². The predicted octanol–water partition coefficient (Wildman–Crippen LogP) is 1.37. The predicted molar refractivity (Wildman–Crippen MR) is 55.8 cm³/mol. The largest absolute Gasteiger partial charge is 0.330 e. The Morgan fingerprint density at radius 1 is 1.69 bits per heavy atom. The molecule has 0 unspecified atom stereocenters. The molecular formula is C9H12ClF2N3O. The van der Waals surface area contributed by atoms with Crippen molar-refractivity contribution in [1.29, 1.82) is 0 Å². The van der Waals surface area contributed by atoms with Crippen molar-refractivity contribution in [2.24, 2.45) is 7.05 Å². The Morgan fingerprint density at radius 3 is 2.81 bits per heavy atom. The van der Waals surface area contributed by atoms with Gasteiger partial charge in [0.25, 0.3) is 12.3 Å². The van der Waals surface area contributed by atoms with E-state index in [1.807, 2.05) is 0 Å². The highest BCUT2D eigenvalue weighted by Gasteiger charge is 2.21. The highest BCUT2D eigenvalue weighted by atomic mass is 35.5. The maximum atomic E-state index is 12.3. The van der Waals surface area contributed by atoms with Gasteiger partial charge in [0.15, 0.2) is 0 Å². The van der Waals surface area contributed by atoms with Crippen LogP contribution < -0.4 is 0 Å². The van der Waals surface area contributed by atoms with Crippen molar-refractivity contribution in [2.75, 3.05) is 19.0 Å². The van der Waals surface area contributed by atoms with E-state index in [9.17, 15) is 13.6 Å². The summed E-state index contributed by atoms with van der Waals surface area (Å²) in [6, 6.07) is 1.48. The molecule has 0 spiro atoms. The lowest BCUT2D eigenvalue weighted by Crippen LogP contribution is -2.37. The number of halogens is 3. The lowest BCUT2D eigenvalue weighted by molar-refractivity contribution is 0.0561. The summed E-state index contributed by atoms with van der Waals surface area (Å²) in [6.07, 6.45) is -1.13. The summed E-state index contributed by atoms with van der Waals surface area (Å²) < 4.78 is 25.8. The Hall–Kier alpha value is -1.17. The topological polar surface area (TPSA) is 38.1 Å². The molecule has 0 aliphatic carbocycles. The van der Waals surface area contributed by atoms with E-state index in [-0.39, 0.29) is 18.1 Å². The minimum absolute atomic E-state index is 0.0932. The molecule has 0 radical (unpaired) electrons. The van der Waals surface area contributed by atoms with Gasteiger partial charge in [-0.1, -0.05) is 0 Å². The summed E-state index contributed by atoms with van der Waals surface area (Å²) in [5.41, 5.74) is 0.269. The minimum atomic E-state index is -2.57. The van der Waals surface area contributed by atoms with Crippen LogP contribution in [0.25, 0.3) is 0 Å². The number of carbonyl (C=O) groups excluding carboxylic acids is 1. The van der Waals surface area contributed by atoms with Crippen molar-refractivity contribution in [3.8, 4) is 0 Å². The fraction of sp³-hybridized carbons (Fsp3) is 0.556. The van der Waals surface area contributed by atoms with Crippen molar-refractivity contribution in [3.05, 3.63) is 18.0 Å². The summed E-state index contributed by atoms with van der Waals surface area (Å²) >= 11 is 5.46. The van der Waals surface area contributed by atoms with Crippen molar-refractivity contribution >= 4 is 17.5 Å². The van der Waals surface area contributed by atoms with E-state index in [0.717, 1.165) is 4.90 Å². The second-order valence-electron chi connectivity index (χ2n) is 3.17. The van der Waals surface area contributed by atoms with Crippen LogP contribution in [-0.4, -0.2) is 46.0 Å². The molecule has 0 N–H and O–H groups in total. The van der Waals surface area contributed by atoms with Gasteiger partial charge in [-0.25, -0.2) is 8.78 Å². The third-order valence-electron chi connectivity index (χ3n) is 2.04. The number of aryl methyl sites for hydroxylation is 1. The van der Waals surface area contributed by atoms with E-state index in [1.165, 1.54) is 16.9 Å². The molecule has 1 amide bonds. The molecule has 0 fully saturated rings. The Morgan fingerprint density at radius 2 is 2.38 bits per heavy atom. The first-order valence-electron chi connectivity index (χ1n) is 4.67. The molecule has 0 saturated carbocycles. The molecule has 4 nitrogen and oxygen atoms in total. The minimum Gasteiger partial charge on any atom is -0.330 e. The zero-order valence-corrected chi connectivity index (χ0v) is 9.49. The quantitative estimate of drug-likeness (QED) is 0.742. The van der Waals surface area contributed by atoms with Gasteiger partial charge in [-0.05, 0) is 6.07 Å². The van der Waals surface area contributed by atoms with Crippen molar-refractivity contribution < 1.29 is 13.6 Å². The maximum absolute atomic E-state index is 12.3. The molecule has 16 heavy (non-hydrogen) atoms. The van der Waals surface area contributed by atoms with Crippen LogP contribution in [0.3, 0.4) is 0 Å². The first-order chi connectivity index (χ1) is 7.56. The van der Waals surface area contributed by atoms with Gasteiger partial charge < -0.3 is 4.90 Å². The molecular weight excluding hydrogens is 240 g/mol. The van der Waals surface area contributed by atoms with E-state index in [4.69, 9.17) is 11.6 Å². The average molecular weight is 252 g/mol. The second-order valence-corrected chi connectivity index (χ2v) is 3.55. The van der Waals surface area contributed by atoms with E-state index < -0.39 is 18.9 Å². The average Bonchev–Trinajstić information content (AvgIpc) is 2.62. The Balaban J connectivity index is 2.78. The highest BCUT2D eigenvalue weighted by Crippen LogP contribution is 2.06. The number of rotatable bonds is 5. The molecule has 1 aromatic heterocycles. The first-order valence-corrected chi connectivity index (χ1v) is 5.21. The smallest absolute Gasteiger partial charge is 0.272 e. The SMILES string of the molecule is Cn1nccc1C(=O)N(CCCl)CC(F)F. The molecule has 1 heterocycles. The van der Waals surface area contributed by atoms with E-state index in [1.54, 1.807) is 7.05 Å². The van der Waals surface area contributed by atoms with Crippen LogP contribution in [-0.2, 0) is 7.05 Å². The summed E-state index contributed by atoms with van der Waals surface area (Å²) in [4.78, 5) is 12.8. The molecule has 1 aromatic rings. The third-order valence-corrected chi connectivity index (χ3v) is 2.21. The van der Waals surface area contributed by atoms with Gasteiger partial charge in [-0.15, -0.1) is 11.6 Å². The van der Waals surface area contributed by atoms with Crippen LogP contribution in [0.4, 0.5) is 8.78 Å². The maximum Gasteiger partial charge on any atom is 0.272 e. The molecule has 0 atom stereocenters. The number of amides is 1. The number of hydrogen-bond donors (Lipinski definition) is 0. The first kappa shape index (κ1) is 12.9. The molecule has 0 aliphatic heterocycles. The lowest BCUT2D eigenvalue weighted by atomic mass is 10.3. The van der Waals surface area contributed by atoms with Crippen LogP contribution in [0.1, 0.15) is 10.5 Å². The standard InChI is InChI=1S/C9H12ClF2N3O/c1-14-7(2-4-13-14)9(16)15(5-3-10)6-8(11)12/h2,4,8H,3,5-6H2,1H3. The summed E-state index contributed by atoms with van der Waals surface area (Å²) in [6.45, 7) is -0.521. The molecule has 0 aromatic carbocycles. The lowest BCUT2D eigenvalue weighted by Gasteiger charge is -2.20. The number of hydrogen-bond acceptors (Lipinski definition) is 2. The number of aromatic nitrogens is 2. The van der Waals surface area contributed by atoms with Crippen molar-refractivity contribution in [1.82, 2.24) is 14.7 Å². The molecule has 90 valence electrons. The van der Waals surface area contributed by atoms with Crippen LogP contribution in [0.2, 0.25) is 0 Å². The van der Waals surface area contributed by atoms with Crippen LogP contribution in [0, 0.1) is 0 Å². The normalized spacial score (nSPS) is 10.8. The van der Waals surface area contributed by atoms with E-state index in [0.29, 0.717) is 0 Å². The fourth-order valence-corrected chi connectivity index (χ4v) is 1.49. The third kappa shape index (κ3) is 3.16. The number of carbonyl (C=O) groups is 1. The summed E-state index contributed by atoms with van der Waals surface area (Å²) in [5.74, 6) is -0.364. The van der Waals surface area contributed by atoms with Gasteiger partial charge >= 0.3 is 0 Å². The molecule has 0 aliphatic rings. The van der Waals surface area contributed by atoms with Gasteiger partial charge in [-0.2, -0.15) is 5.10 Å². The second kappa shape index (κ2) is 5.79. The van der Waals surface area contributed by atoms with Crippen molar-refractivity contribution in [3.63, 3.8) is 0 Å². The zero-order valence-electron chi connectivity index (χ0n) is 8.74. The monoisotopic (exact) mass is 251 g/mol. The Kier molecular flexibility index (Phi) is 4.67.